The average molecular weight is 296 g/mol. The van der Waals surface area contributed by atoms with Gasteiger partial charge in [-0.1, -0.05) is 19.4 Å². The van der Waals surface area contributed by atoms with Crippen molar-refractivity contribution in [3.8, 4) is 0 Å². The molecule has 0 aliphatic heterocycles. The van der Waals surface area contributed by atoms with E-state index in [4.69, 9.17) is 4.74 Å². The van der Waals surface area contributed by atoms with Gasteiger partial charge in [-0.15, -0.1) is 0 Å². The number of aryl methyl sites for hydroxylation is 1. The maximum absolute atomic E-state index is 14.1. The molecule has 1 aliphatic rings. The summed E-state index contributed by atoms with van der Waals surface area (Å²) in [5, 5.41) is 0. The first kappa shape index (κ1) is 16.1. The molecule has 1 aliphatic carbocycles. The van der Waals surface area contributed by atoms with Crippen molar-refractivity contribution in [2.45, 2.75) is 52.1 Å². The summed E-state index contributed by atoms with van der Waals surface area (Å²) < 4.78 is 33.6. The molecule has 4 heteroatoms. The number of ketones is 1. The van der Waals surface area contributed by atoms with Crippen LogP contribution in [0.15, 0.2) is 12.1 Å². The second-order valence-corrected chi connectivity index (χ2v) is 6.02. The van der Waals surface area contributed by atoms with Gasteiger partial charge in [0, 0.05) is 6.61 Å². The molecule has 0 bridgehead atoms. The molecule has 116 valence electrons. The Morgan fingerprint density at radius 2 is 2.10 bits per heavy atom. The number of hydrogen-bond acceptors (Lipinski definition) is 2. The predicted molar refractivity (Wildman–Crippen MR) is 77.4 cm³/mol. The first-order chi connectivity index (χ1) is 9.91. The minimum atomic E-state index is -1.06. The first-order valence-corrected chi connectivity index (χ1v) is 7.54. The van der Waals surface area contributed by atoms with Crippen LogP contribution in [-0.2, 0) is 4.74 Å². The highest BCUT2D eigenvalue weighted by molar-refractivity contribution is 6.03. The molecule has 0 saturated heterocycles. The molecule has 1 aromatic rings. The summed E-state index contributed by atoms with van der Waals surface area (Å²) in [5.41, 5.74) is -0.998. The normalized spacial score (nSPS) is 25.9. The van der Waals surface area contributed by atoms with Crippen LogP contribution in [0, 0.1) is 24.5 Å². The van der Waals surface area contributed by atoms with E-state index in [-0.39, 0.29) is 11.1 Å². The van der Waals surface area contributed by atoms with Gasteiger partial charge in [-0.3, -0.25) is 4.79 Å². The van der Waals surface area contributed by atoms with Crippen molar-refractivity contribution >= 4 is 5.78 Å². The molecule has 0 amide bonds. The highest BCUT2D eigenvalue weighted by Crippen LogP contribution is 2.38. The van der Waals surface area contributed by atoms with Gasteiger partial charge in [-0.05, 0) is 50.7 Å². The smallest absolute Gasteiger partial charge is 0.197 e. The Morgan fingerprint density at radius 3 is 2.71 bits per heavy atom. The van der Waals surface area contributed by atoms with E-state index in [0.717, 1.165) is 12.8 Å². The van der Waals surface area contributed by atoms with Gasteiger partial charge >= 0.3 is 0 Å². The molecular formula is C17H22F2O2. The summed E-state index contributed by atoms with van der Waals surface area (Å²) in [6, 6.07) is 2.81. The fraction of sp³-hybridized carbons (Fsp3) is 0.588. The molecule has 21 heavy (non-hydrogen) atoms. The van der Waals surface area contributed by atoms with Gasteiger partial charge in [0.2, 0.25) is 0 Å². The average Bonchev–Trinajstić information content (AvgIpc) is 2.45. The lowest BCUT2D eigenvalue weighted by atomic mass is 9.74. The zero-order valence-corrected chi connectivity index (χ0v) is 12.8. The van der Waals surface area contributed by atoms with Gasteiger partial charge in [0.05, 0.1) is 5.56 Å². The topological polar surface area (TPSA) is 26.3 Å². The summed E-state index contributed by atoms with van der Waals surface area (Å²) in [5.74, 6) is -2.09. The van der Waals surface area contributed by atoms with Crippen LogP contribution in [0.2, 0.25) is 0 Å². The van der Waals surface area contributed by atoms with Crippen LogP contribution < -0.4 is 0 Å². The number of carbonyl (C=O) groups is 1. The minimum absolute atomic E-state index is 0.194. The Kier molecular flexibility index (Phi) is 4.77. The highest BCUT2D eigenvalue weighted by Gasteiger charge is 2.44. The molecule has 0 N–H and O–H groups in total. The van der Waals surface area contributed by atoms with Gasteiger partial charge in [0.1, 0.15) is 5.60 Å². The zero-order valence-electron chi connectivity index (χ0n) is 12.8. The Balaban J connectivity index is 2.42. The third-order valence-corrected chi connectivity index (χ3v) is 4.31. The molecule has 0 aromatic heterocycles. The van der Waals surface area contributed by atoms with Gasteiger partial charge in [-0.2, -0.15) is 0 Å². The molecular weight excluding hydrogens is 274 g/mol. The maximum Gasteiger partial charge on any atom is 0.197 e. The van der Waals surface area contributed by atoms with Gasteiger partial charge in [0.25, 0.3) is 0 Å². The zero-order chi connectivity index (χ0) is 15.6. The monoisotopic (exact) mass is 296 g/mol. The number of halogens is 2. The number of benzene rings is 1. The van der Waals surface area contributed by atoms with Gasteiger partial charge in [-0.25, -0.2) is 8.78 Å². The van der Waals surface area contributed by atoms with E-state index in [1.54, 1.807) is 0 Å². The molecule has 0 heterocycles. The maximum atomic E-state index is 14.1. The summed E-state index contributed by atoms with van der Waals surface area (Å²) in [6.07, 6.45) is 3.03. The summed E-state index contributed by atoms with van der Waals surface area (Å²) >= 11 is 0. The fourth-order valence-electron chi connectivity index (χ4n) is 3.25. The highest BCUT2D eigenvalue weighted by atomic mass is 19.2. The molecule has 2 atom stereocenters. The van der Waals surface area contributed by atoms with Crippen molar-refractivity contribution in [3.05, 3.63) is 34.9 Å². The van der Waals surface area contributed by atoms with Crippen LogP contribution in [0.5, 0.6) is 0 Å². The quantitative estimate of drug-likeness (QED) is 0.768. The molecule has 0 spiro atoms. The van der Waals surface area contributed by atoms with E-state index in [0.29, 0.717) is 25.4 Å². The second-order valence-electron chi connectivity index (χ2n) is 6.02. The van der Waals surface area contributed by atoms with Crippen molar-refractivity contribution in [3.63, 3.8) is 0 Å². The second kappa shape index (κ2) is 6.22. The minimum Gasteiger partial charge on any atom is -0.367 e. The van der Waals surface area contributed by atoms with Crippen LogP contribution in [0.3, 0.4) is 0 Å². The van der Waals surface area contributed by atoms with Crippen LogP contribution in [-0.4, -0.2) is 18.0 Å². The predicted octanol–water partition coefficient (Wildman–Crippen LogP) is 4.44. The summed E-state index contributed by atoms with van der Waals surface area (Å²) in [6.45, 7) is 5.74. The Bertz CT molecular complexity index is 538. The molecule has 2 unspecified atom stereocenters. The summed E-state index contributed by atoms with van der Waals surface area (Å²) in [7, 11) is 0. The van der Waals surface area contributed by atoms with Crippen molar-refractivity contribution < 1.29 is 18.3 Å². The number of rotatable bonds is 4. The van der Waals surface area contributed by atoms with Gasteiger partial charge in [0.15, 0.2) is 17.4 Å². The lowest BCUT2D eigenvalue weighted by Gasteiger charge is -2.38. The molecule has 2 nitrogen and oxygen atoms in total. The Morgan fingerprint density at radius 1 is 1.38 bits per heavy atom. The summed E-state index contributed by atoms with van der Waals surface area (Å²) in [4.78, 5) is 12.8. The van der Waals surface area contributed by atoms with E-state index in [1.165, 1.54) is 19.1 Å². The third kappa shape index (κ3) is 3.00. The molecule has 0 radical (unpaired) electrons. The number of carbonyl (C=O) groups excluding carboxylic acids is 1. The van der Waals surface area contributed by atoms with E-state index >= 15 is 0 Å². The lowest BCUT2D eigenvalue weighted by Crippen LogP contribution is -2.46. The number of Topliss-reactive ketones (excluding diaryl/α,β-unsaturated/α-hetero) is 1. The van der Waals surface area contributed by atoms with Crippen molar-refractivity contribution in [2.75, 3.05) is 6.61 Å². The van der Waals surface area contributed by atoms with Gasteiger partial charge < -0.3 is 4.74 Å². The van der Waals surface area contributed by atoms with E-state index in [2.05, 4.69) is 6.92 Å². The van der Waals surface area contributed by atoms with E-state index < -0.39 is 23.0 Å². The van der Waals surface area contributed by atoms with Crippen LogP contribution in [0.4, 0.5) is 8.78 Å². The standard InChI is InChI=1S/C17H22F2O2/c1-4-21-17(9-5-6-11(2)10-17)16(20)13-8-7-12(3)14(18)15(13)19/h7-8,11H,4-6,9-10H2,1-3H3. The Hall–Kier alpha value is -1.29. The molecule has 1 saturated carbocycles. The Labute approximate surface area is 124 Å². The van der Waals surface area contributed by atoms with Crippen LogP contribution in [0.1, 0.15) is 55.5 Å². The molecule has 1 aromatic carbocycles. The van der Waals surface area contributed by atoms with Crippen LogP contribution >= 0.6 is 0 Å². The third-order valence-electron chi connectivity index (χ3n) is 4.31. The lowest BCUT2D eigenvalue weighted by molar-refractivity contribution is -0.0514. The molecule has 1 fully saturated rings. The van der Waals surface area contributed by atoms with Crippen LogP contribution in [0.25, 0.3) is 0 Å². The first-order valence-electron chi connectivity index (χ1n) is 7.54. The van der Waals surface area contributed by atoms with Crippen molar-refractivity contribution in [1.82, 2.24) is 0 Å². The fourth-order valence-corrected chi connectivity index (χ4v) is 3.25. The van der Waals surface area contributed by atoms with Crippen molar-refractivity contribution in [2.24, 2.45) is 5.92 Å². The molecule has 2 rings (SSSR count). The SMILES string of the molecule is CCOC1(C(=O)c2ccc(C)c(F)c2F)CCCC(C)C1. The number of ether oxygens (including phenoxy) is 1. The largest absolute Gasteiger partial charge is 0.367 e. The van der Waals surface area contributed by atoms with E-state index in [1.807, 2.05) is 6.92 Å². The van der Waals surface area contributed by atoms with E-state index in [9.17, 15) is 13.6 Å². The van der Waals surface area contributed by atoms with Crippen molar-refractivity contribution in [1.29, 1.82) is 0 Å². The number of hydrogen-bond donors (Lipinski definition) is 0.